The molecule has 0 atom stereocenters. The third-order valence-corrected chi connectivity index (χ3v) is 4.56. The molecule has 3 rings (SSSR count). The Morgan fingerprint density at radius 2 is 1.88 bits per heavy atom. The number of thioether (sulfide) groups is 1. The number of hydrogen-bond donors (Lipinski definition) is 1. The van der Waals surface area contributed by atoms with E-state index in [-0.39, 0.29) is 5.56 Å². The molecule has 0 aliphatic carbocycles. The highest BCUT2D eigenvalue weighted by atomic mass is 32.2. The van der Waals surface area contributed by atoms with Crippen LogP contribution in [-0.4, -0.2) is 33.5 Å². The number of nitrogens with zero attached hydrogens (tertiary/aromatic N) is 4. The minimum atomic E-state index is -0.147. The Hall–Kier alpha value is -2.67. The van der Waals surface area contributed by atoms with Crippen LogP contribution in [0.4, 0.5) is 5.95 Å². The van der Waals surface area contributed by atoms with Crippen LogP contribution in [0.3, 0.4) is 0 Å². The highest BCUT2D eigenvalue weighted by molar-refractivity contribution is 7.98. The van der Waals surface area contributed by atoms with Crippen molar-refractivity contribution in [3.8, 4) is 0 Å². The highest BCUT2D eigenvalue weighted by Gasteiger charge is 2.08. The summed E-state index contributed by atoms with van der Waals surface area (Å²) in [4.78, 5) is 29.8. The molecule has 3 aromatic heterocycles. The van der Waals surface area contributed by atoms with Crippen molar-refractivity contribution in [2.45, 2.75) is 17.2 Å². The van der Waals surface area contributed by atoms with E-state index < -0.39 is 0 Å². The molecule has 0 spiro atoms. The molecule has 0 aliphatic heterocycles. The highest BCUT2D eigenvalue weighted by Crippen LogP contribution is 2.19. The third-order valence-electron chi connectivity index (χ3n) is 3.58. The average Bonchev–Trinajstić information content (AvgIpc) is 2.66. The minimum absolute atomic E-state index is 0.147. The van der Waals surface area contributed by atoms with Gasteiger partial charge in [0.15, 0.2) is 0 Å². The molecule has 0 aromatic carbocycles. The zero-order valence-electron chi connectivity index (χ0n) is 13.9. The van der Waals surface area contributed by atoms with Crippen LogP contribution >= 0.6 is 11.8 Å². The first kappa shape index (κ1) is 17.2. The molecule has 0 saturated heterocycles. The second-order valence-electron chi connectivity index (χ2n) is 5.51. The molecule has 6 nitrogen and oxygen atoms in total. The van der Waals surface area contributed by atoms with E-state index in [1.807, 2.05) is 48.3 Å². The Morgan fingerprint density at radius 1 is 1.08 bits per heavy atom. The molecular weight excluding hydrogens is 334 g/mol. The second kappa shape index (κ2) is 8.43. The molecule has 0 amide bonds. The Bertz CT molecular complexity index is 854. The van der Waals surface area contributed by atoms with E-state index in [0.29, 0.717) is 11.7 Å². The molecule has 0 radical (unpaired) electrons. The van der Waals surface area contributed by atoms with Crippen LogP contribution in [0.15, 0.2) is 64.7 Å². The summed E-state index contributed by atoms with van der Waals surface area (Å²) in [5.74, 6) is 1.17. The summed E-state index contributed by atoms with van der Waals surface area (Å²) >= 11 is 1.56. The Balaban J connectivity index is 1.65. The first-order valence-corrected chi connectivity index (χ1v) is 8.94. The van der Waals surface area contributed by atoms with Gasteiger partial charge in [-0.1, -0.05) is 12.1 Å². The number of hydrogen-bond acceptors (Lipinski definition) is 6. The molecule has 25 heavy (non-hydrogen) atoms. The number of likely N-dealkylation sites (N-methyl/N-ethyl adjacent to an activating group) is 1. The van der Waals surface area contributed by atoms with Gasteiger partial charge in [-0.15, -0.1) is 11.8 Å². The van der Waals surface area contributed by atoms with E-state index >= 15 is 0 Å². The van der Waals surface area contributed by atoms with Crippen molar-refractivity contribution in [3.05, 3.63) is 76.6 Å². The monoisotopic (exact) mass is 353 g/mol. The minimum Gasteiger partial charge on any atom is -0.345 e. The van der Waals surface area contributed by atoms with E-state index in [9.17, 15) is 4.79 Å². The number of rotatable bonds is 7. The summed E-state index contributed by atoms with van der Waals surface area (Å²) < 4.78 is 0. The lowest BCUT2D eigenvalue weighted by molar-refractivity contribution is 0.812. The summed E-state index contributed by atoms with van der Waals surface area (Å²) in [6.07, 6.45) is 4.32. The van der Waals surface area contributed by atoms with Crippen LogP contribution in [0.25, 0.3) is 0 Å². The predicted octanol–water partition coefficient (Wildman–Crippen LogP) is 2.53. The second-order valence-corrected chi connectivity index (χ2v) is 6.51. The Morgan fingerprint density at radius 3 is 2.60 bits per heavy atom. The van der Waals surface area contributed by atoms with Gasteiger partial charge in [-0.2, -0.15) is 0 Å². The van der Waals surface area contributed by atoms with Gasteiger partial charge in [0, 0.05) is 49.9 Å². The average molecular weight is 353 g/mol. The zero-order valence-corrected chi connectivity index (χ0v) is 14.7. The molecule has 128 valence electrons. The van der Waals surface area contributed by atoms with Crippen molar-refractivity contribution in [3.63, 3.8) is 0 Å². The number of nitrogens with one attached hydrogen (secondary N) is 1. The lowest BCUT2D eigenvalue weighted by Crippen LogP contribution is -2.26. The standard InChI is InChI=1S/C18H19N5OS/c1-23(11-8-14-6-2-4-9-19-14)18-21-15(12-16(24)22-18)13-25-17-7-3-5-10-20-17/h2-7,9-10,12H,8,11,13H2,1H3,(H,21,22,24). The summed E-state index contributed by atoms with van der Waals surface area (Å²) in [5.41, 5.74) is 1.60. The van der Waals surface area contributed by atoms with E-state index in [1.165, 1.54) is 6.07 Å². The van der Waals surface area contributed by atoms with Gasteiger partial charge in [-0.3, -0.25) is 14.8 Å². The Labute approximate surface area is 150 Å². The van der Waals surface area contributed by atoms with Gasteiger partial charge in [0.2, 0.25) is 5.95 Å². The van der Waals surface area contributed by atoms with E-state index in [1.54, 1.807) is 24.2 Å². The van der Waals surface area contributed by atoms with Crippen LogP contribution in [-0.2, 0) is 12.2 Å². The largest absolute Gasteiger partial charge is 0.345 e. The molecule has 0 unspecified atom stereocenters. The van der Waals surface area contributed by atoms with Crippen molar-refractivity contribution in [1.29, 1.82) is 0 Å². The van der Waals surface area contributed by atoms with Crippen molar-refractivity contribution < 1.29 is 0 Å². The maximum Gasteiger partial charge on any atom is 0.252 e. The van der Waals surface area contributed by atoms with Crippen LogP contribution in [0.2, 0.25) is 0 Å². The normalized spacial score (nSPS) is 10.6. The molecule has 3 aromatic rings. The van der Waals surface area contributed by atoms with Gasteiger partial charge in [-0.25, -0.2) is 9.97 Å². The van der Waals surface area contributed by atoms with Crippen molar-refractivity contribution in [1.82, 2.24) is 19.9 Å². The quantitative estimate of drug-likeness (QED) is 0.658. The fraction of sp³-hybridized carbons (Fsp3) is 0.222. The topological polar surface area (TPSA) is 74.8 Å². The fourth-order valence-corrected chi connectivity index (χ4v) is 3.02. The lowest BCUT2D eigenvalue weighted by atomic mass is 10.2. The van der Waals surface area contributed by atoms with Gasteiger partial charge < -0.3 is 4.90 Å². The first-order valence-electron chi connectivity index (χ1n) is 7.96. The smallest absolute Gasteiger partial charge is 0.252 e. The van der Waals surface area contributed by atoms with Crippen molar-refractivity contribution in [2.24, 2.45) is 0 Å². The number of anilines is 1. The van der Waals surface area contributed by atoms with Gasteiger partial charge in [-0.05, 0) is 24.3 Å². The van der Waals surface area contributed by atoms with Crippen LogP contribution in [0.1, 0.15) is 11.4 Å². The Kier molecular flexibility index (Phi) is 5.79. The van der Waals surface area contributed by atoms with Gasteiger partial charge in [0.05, 0.1) is 10.7 Å². The molecule has 0 bridgehead atoms. The molecule has 0 saturated carbocycles. The van der Waals surface area contributed by atoms with Gasteiger partial charge >= 0.3 is 0 Å². The molecule has 7 heteroatoms. The fourth-order valence-electron chi connectivity index (χ4n) is 2.26. The zero-order chi connectivity index (χ0) is 17.5. The molecule has 1 N–H and O–H groups in total. The van der Waals surface area contributed by atoms with E-state index in [0.717, 1.165) is 29.4 Å². The van der Waals surface area contributed by atoms with E-state index in [2.05, 4.69) is 19.9 Å². The molecule has 0 fully saturated rings. The molecule has 3 heterocycles. The SMILES string of the molecule is CN(CCc1ccccn1)c1nc(CSc2ccccn2)cc(=O)[nH]1. The first-order chi connectivity index (χ1) is 12.2. The lowest BCUT2D eigenvalue weighted by Gasteiger charge is -2.17. The number of aromatic nitrogens is 4. The third kappa shape index (κ3) is 5.15. The maximum absolute atomic E-state index is 11.9. The summed E-state index contributed by atoms with van der Waals surface area (Å²) in [6.45, 7) is 0.719. The van der Waals surface area contributed by atoms with Crippen LogP contribution in [0.5, 0.6) is 0 Å². The van der Waals surface area contributed by atoms with Gasteiger partial charge in [0.25, 0.3) is 5.56 Å². The number of pyridine rings is 2. The molecule has 0 aliphatic rings. The summed E-state index contributed by atoms with van der Waals surface area (Å²) in [7, 11) is 1.91. The van der Waals surface area contributed by atoms with Crippen molar-refractivity contribution in [2.75, 3.05) is 18.5 Å². The maximum atomic E-state index is 11.9. The summed E-state index contributed by atoms with van der Waals surface area (Å²) in [6, 6.07) is 13.2. The number of aromatic amines is 1. The van der Waals surface area contributed by atoms with E-state index in [4.69, 9.17) is 0 Å². The number of H-pyrrole nitrogens is 1. The van der Waals surface area contributed by atoms with Gasteiger partial charge in [0.1, 0.15) is 0 Å². The van der Waals surface area contributed by atoms with Crippen LogP contribution in [0, 0.1) is 0 Å². The summed E-state index contributed by atoms with van der Waals surface area (Å²) in [5, 5.41) is 0.912. The van der Waals surface area contributed by atoms with Crippen LogP contribution < -0.4 is 10.5 Å². The van der Waals surface area contributed by atoms with Crippen molar-refractivity contribution >= 4 is 17.7 Å². The molecular formula is C18H19N5OS. The predicted molar refractivity (Wildman–Crippen MR) is 99.9 cm³/mol.